The lowest BCUT2D eigenvalue weighted by molar-refractivity contribution is -0.137. The smallest absolute Gasteiger partial charge is 0.303 e. The molecule has 1 aliphatic rings. The van der Waals surface area contributed by atoms with Crippen molar-refractivity contribution in [2.75, 3.05) is 0 Å². The summed E-state index contributed by atoms with van der Waals surface area (Å²) in [4.78, 5) is 10.4. The molecule has 0 spiro atoms. The molecule has 3 heteroatoms. The van der Waals surface area contributed by atoms with Crippen LogP contribution in [0.1, 0.15) is 70.6 Å². The van der Waals surface area contributed by atoms with Crippen LogP contribution < -0.4 is 5.73 Å². The number of unbranched alkanes of at least 4 members (excludes halogenated alkanes) is 2. The van der Waals surface area contributed by atoms with Gasteiger partial charge in [0.25, 0.3) is 0 Å². The summed E-state index contributed by atoms with van der Waals surface area (Å²) in [6, 6.07) is 0.345. The zero-order valence-electron chi connectivity index (χ0n) is 10.9. The molecule has 0 bridgehead atoms. The molecule has 1 rings (SSSR count). The molecule has 100 valence electrons. The van der Waals surface area contributed by atoms with E-state index in [4.69, 9.17) is 10.8 Å². The molecule has 3 nitrogen and oxygen atoms in total. The third kappa shape index (κ3) is 6.67. The van der Waals surface area contributed by atoms with E-state index in [1.165, 1.54) is 38.5 Å². The first-order valence-electron chi connectivity index (χ1n) is 7.17. The van der Waals surface area contributed by atoms with Crippen LogP contribution in [0.15, 0.2) is 0 Å². The highest BCUT2D eigenvalue weighted by molar-refractivity contribution is 5.66. The van der Waals surface area contributed by atoms with E-state index >= 15 is 0 Å². The highest BCUT2D eigenvalue weighted by atomic mass is 16.4. The summed E-state index contributed by atoms with van der Waals surface area (Å²) in [5.74, 6) is 0.0371. The van der Waals surface area contributed by atoms with Gasteiger partial charge in [0.2, 0.25) is 0 Å². The lowest BCUT2D eigenvalue weighted by atomic mass is 9.89. The SMILES string of the molecule is N[C@@H](CCCCCC(=O)O)C1CCCCCC1. The minimum atomic E-state index is -0.682. The Hall–Kier alpha value is -0.570. The van der Waals surface area contributed by atoms with Crippen LogP contribution in [-0.2, 0) is 4.79 Å². The summed E-state index contributed by atoms with van der Waals surface area (Å²) < 4.78 is 0. The van der Waals surface area contributed by atoms with Crippen molar-refractivity contribution in [3.8, 4) is 0 Å². The fraction of sp³-hybridized carbons (Fsp3) is 0.929. The Labute approximate surface area is 105 Å². The van der Waals surface area contributed by atoms with Crippen molar-refractivity contribution in [2.45, 2.75) is 76.7 Å². The minimum absolute atomic E-state index is 0.304. The molecule has 3 N–H and O–H groups in total. The van der Waals surface area contributed by atoms with Crippen molar-refractivity contribution >= 4 is 5.97 Å². The third-order valence-corrected chi connectivity index (χ3v) is 3.93. The first-order chi connectivity index (χ1) is 8.20. The average Bonchev–Trinajstić information content (AvgIpc) is 2.56. The highest BCUT2D eigenvalue weighted by Gasteiger charge is 2.18. The summed E-state index contributed by atoms with van der Waals surface area (Å²) in [6.07, 6.45) is 12.3. The second-order valence-corrected chi connectivity index (χ2v) is 5.41. The monoisotopic (exact) mass is 241 g/mol. The van der Waals surface area contributed by atoms with Gasteiger partial charge in [0, 0.05) is 12.5 Å². The van der Waals surface area contributed by atoms with Crippen molar-refractivity contribution in [3.05, 3.63) is 0 Å². The van der Waals surface area contributed by atoms with E-state index < -0.39 is 5.97 Å². The van der Waals surface area contributed by atoms with E-state index in [-0.39, 0.29) is 0 Å². The predicted molar refractivity (Wildman–Crippen MR) is 69.9 cm³/mol. The molecule has 17 heavy (non-hydrogen) atoms. The Morgan fingerprint density at radius 3 is 2.35 bits per heavy atom. The fourth-order valence-electron chi connectivity index (χ4n) is 2.81. The normalized spacial score (nSPS) is 19.8. The Balaban J connectivity index is 2.06. The van der Waals surface area contributed by atoms with E-state index in [0.29, 0.717) is 12.5 Å². The van der Waals surface area contributed by atoms with Gasteiger partial charge in [-0.2, -0.15) is 0 Å². The molecule has 1 atom stereocenters. The first-order valence-corrected chi connectivity index (χ1v) is 7.17. The van der Waals surface area contributed by atoms with Crippen molar-refractivity contribution in [1.82, 2.24) is 0 Å². The molecule has 1 aliphatic carbocycles. The summed E-state index contributed by atoms with van der Waals surface area (Å²) in [7, 11) is 0. The second kappa shape index (κ2) is 8.51. The highest BCUT2D eigenvalue weighted by Crippen LogP contribution is 2.26. The van der Waals surface area contributed by atoms with Crippen LogP contribution in [0.2, 0.25) is 0 Å². The van der Waals surface area contributed by atoms with E-state index in [0.717, 1.165) is 31.6 Å². The number of carboxylic acids is 1. The number of carboxylic acid groups (broad SMARTS) is 1. The van der Waals surface area contributed by atoms with Crippen LogP contribution in [0.3, 0.4) is 0 Å². The third-order valence-electron chi connectivity index (χ3n) is 3.93. The molecule has 1 fully saturated rings. The van der Waals surface area contributed by atoms with E-state index in [1.54, 1.807) is 0 Å². The molecule has 1 saturated carbocycles. The van der Waals surface area contributed by atoms with E-state index in [2.05, 4.69) is 0 Å². The molecule has 0 aromatic heterocycles. The van der Waals surface area contributed by atoms with Gasteiger partial charge in [0.05, 0.1) is 0 Å². The van der Waals surface area contributed by atoms with Crippen LogP contribution in [0.5, 0.6) is 0 Å². The zero-order valence-corrected chi connectivity index (χ0v) is 10.9. The van der Waals surface area contributed by atoms with Crippen LogP contribution in [0.4, 0.5) is 0 Å². The molecular formula is C14H27NO2. The van der Waals surface area contributed by atoms with Crippen LogP contribution in [0.25, 0.3) is 0 Å². The maximum atomic E-state index is 10.4. The zero-order chi connectivity index (χ0) is 12.5. The molecule has 0 amide bonds. The number of nitrogens with two attached hydrogens (primary N) is 1. The number of hydrogen-bond acceptors (Lipinski definition) is 2. The lowest BCUT2D eigenvalue weighted by Gasteiger charge is -2.22. The summed E-state index contributed by atoms with van der Waals surface area (Å²) in [6.45, 7) is 0. The molecule has 0 aromatic rings. The molecular weight excluding hydrogens is 214 g/mol. The summed E-state index contributed by atoms with van der Waals surface area (Å²) in [5.41, 5.74) is 6.24. The predicted octanol–water partition coefficient (Wildman–Crippen LogP) is 3.32. The van der Waals surface area contributed by atoms with Gasteiger partial charge in [-0.1, -0.05) is 38.5 Å². The van der Waals surface area contributed by atoms with Gasteiger partial charge in [-0.05, 0) is 31.6 Å². The average molecular weight is 241 g/mol. The second-order valence-electron chi connectivity index (χ2n) is 5.41. The molecule has 0 aromatic carbocycles. The quantitative estimate of drug-likeness (QED) is 0.531. The Kier molecular flexibility index (Phi) is 7.25. The fourth-order valence-corrected chi connectivity index (χ4v) is 2.81. The first kappa shape index (κ1) is 14.5. The van der Waals surface area contributed by atoms with E-state index in [1.807, 2.05) is 0 Å². The van der Waals surface area contributed by atoms with Crippen LogP contribution in [0, 0.1) is 5.92 Å². The summed E-state index contributed by atoms with van der Waals surface area (Å²) >= 11 is 0. The van der Waals surface area contributed by atoms with E-state index in [9.17, 15) is 4.79 Å². The maximum Gasteiger partial charge on any atom is 0.303 e. The lowest BCUT2D eigenvalue weighted by Crippen LogP contribution is -2.29. The van der Waals surface area contributed by atoms with Gasteiger partial charge < -0.3 is 10.8 Å². The maximum absolute atomic E-state index is 10.4. The van der Waals surface area contributed by atoms with Crippen molar-refractivity contribution in [2.24, 2.45) is 11.7 Å². The van der Waals surface area contributed by atoms with Gasteiger partial charge in [0.15, 0.2) is 0 Å². The number of aliphatic carboxylic acids is 1. The number of carbonyl (C=O) groups is 1. The minimum Gasteiger partial charge on any atom is -0.481 e. The van der Waals surface area contributed by atoms with Gasteiger partial charge >= 0.3 is 5.97 Å². The largest absolute Gasteiger partial charge is 0.481 e. The number of hydrogen-bond donors (Lipinski definition) is 2. The topological polar surface area (TPSA) is 63.3 Å². The van der Waals surface area contributed by atoms with Crippen LogP contribution >= 0.6 is 0 Å². The van der Waals surface area contributed by atoms with Crippen molar-refractivity contribution < 1.29 is 9.90 Å². The van der Waals surface area contributed by atoms with Gasteiger partial charge in [-0.25, -0.2) is 0 Å². The summed E-state index contributed by atoms with van der Waals surface area (Å²) in [5, 5.41) is 8.53. The van der Waals surface area contributed by atoms with Crippen molar-refractivity contribution in [1.29, 1.82) is 0 Å². The van der Waals surface area contributed by atoms with Gasteiger partial charge in [0.1, 0.15) is 0 Å². The van der Waals surface area contributed by atoms with Gasteiger partial charge in [-0.15, -0.1) is 0 Å². The Morgan fingerprint density at radius 1 is 1.12 bits per heavy atom. The number of rotatable bonds is 7. The molecule has 0 heterocycles. The Bertz CT molecular complexity index is 210. The van der Waals surface area contributed by atoms with Crippen molar-refractivity contribution in [3.63, 3.8) is 0 Å². The molecule has 0 aliphatic heterocycles. The standard InChI is InChI=1S/C14H27NO2/c15-13(10-6-3-7-11-14(16)17)12-8-4-1-2-5-9-12/h12-13H,1-11,15H2,(H,16,17)/t13-/m0/s1. The van der Waals surface area contributed by atoms with Gasteiger partial charge in [-0.3, -0.25) is 4.79 Å². The Morgan fingerprint density at radius 2 is 1.76 bits per heavy atom. The molecule has 0 radical (unpaired) electrons. The molecule has 0 saturated heterocycles. The molecule has 0 unspecified atom stereocenters. The van der Waals surface area contributed by atoms with Crippen LogP contribution in [-0.4, -0.2) is 17.1 Å².